The quantitative estimate of drug-likeness (QED) is 0.343. The fourth-order valence-electron chi connectivity index (χ4n) is 5.25. The Morgan fingerprint density at radius 2 is 1.80 bits per heavy atom. The monoisotopic (exact) mass is 583 g/mol. The molecule has 2 aliphatic heterocycles. The van der Waals surface area contributed by atoms with Crippen LogP contribution in [-0.2, 0) is 38.4 Å². The zero-order valence-corrected chi connectivity index (χ0v) is 23.9. The summed E-state index contributed by atoms with van der Waals surface area (Å²) < 4.78 is 22.5. The van der Waals surface area contributed by atoms with E-state index in [4.69, 9.17) is 42.1 Å². The third-order valence-corrected chi connectivity index (χ3v) is 8.14. The normalized spacial score (nSPS) is 18.8. The molecule has 210 valence electrons. The lowest BCUT2D eigenvalue weighted by molar-refractivity contribution is -0.144. The Morgan fingerprint density at radius 3 is 2.52 bits per heavy atom. The van der Waals surface area contributed by atoms with Gasteiger partial charge >= 0.3 is 11.9 Å². The molecule has 0 saturated heterocycles. The summed E-state index contributed by atoms with van der Waals surface area (Å²) in [6.45, 7) is 2.63. The van der Waals surface area contributed by atoms with Crippen molar-refractivity contribution in [2.75, 3.05) is 20.3 Å². The van der Waals surface area contributed by atoms with Crippen molar-refractivity contribution in [1.29, 1.82) is 0 Å². The van der Waals surface area contributed by atoms with E-state index in [1.165, 1.54) is 30.7 Å². The summed E-state index contributed by atoms with van der Waals surface area (Å²) in [7, 11) is 1.41. The lowest BCUT2D eigenvalue weighted by Gasteiger charge is -2.25. The number of rotatable bonds is 7. The molecule has 0 spiro atoms. The van der Waals surface area contributed by atoms with Crippen molar-refractivity contribution in [2.45, 2.75) is 50.8 Å². The van der Waals surface area contributed by atoms with Crippen LogP contribution >= 0.6 is 23.2 Å². The Balaban J connectivity index is 1.30. The average molecular weight is 584 g/mol. The second kappa shape index (κ2) is 12.5. The topological polar surface area (TPSA) is 83.1 Å². The van der Waals surface area contributed by atoms with Gasteiger partial charge in [-0.15, -0.1) is 0 Å². The maximum Gasteiger partial charge on any atom is 0.323 e. The van der Waals surface area contributed by atoms with Gasteiger partial charge in [0.25, 0.3) is 0 Å². The van der Waals surface area contributed by atoms with Gasteiger partial charge < -0.3 is 24.3 Å². The van der Waals surface area contributed by atoms with E-state index in [-0.39, 0.29) is 30.5 Å². The number of fused-ring (bicyclic) bond motifs is 2. The van der Waals surface area contributed by atoms with Crippen molar-refractivity contribution in [1.82, 2.24) is 5.32 Å². The van der Waals surface area contributed by atoms with Crippen LogP contribution in [-0.4, -0.2) is 38.3 Å². The molecule has 0 aliphatic carbocycles. The van der Waals surface area contributed by atoms with Gasteiger partial charge in [0.15, 0.2) is 6.10 Å². The Hall–Kier alpha value is -3.26. The molecule has 0 radical (unpaired) electrons. The lowest BCUT2D eigenvalue weighted by atomic mass is 9.87. The van der Waals surface area contributed by atoms with Gasteiger partial charge in [-0.3, -0.25) is 9.59 Å². The molecule has 2 heterocycles. The number of carbonyl (C=O) groups excluding carboxylic acids is 2. The molecule has 0 saturated carbocycles. The molecule has 1 N–H and O–H groups in total. The van der Waals surface area contributed by atoms with Crippen LogP contribution in [0.15, 0.2) is 54.6 Å². The first-order valence-corrected chi connectivity index (χ1v) is 14.0. The smallest absolute Gasteiger partial charge is 0.323 e. The predicted octanol–water partition coefficient (Wildman–Crippen LogP) is 5.97. The van der Waals surface area contributed by atoms with E-state index in [1.807, 2.05) is 18.2 Å². The highest BCUT2D eigenvalue weighted by atomic mass is 35.5. The minimum absolute atomic E-state index is 0.0470. The average Bonchev–Trinajstić information content (AvgIpc) is 3.17. The van der Waals surface area contributed by atoms with Crippen LogP contribution in [0.1, 0.15) is 53.2 Å². The zero-order valence-electron chi connectivity index (χ0n) is 22.4. The number of hydrogen-bond acceptors (Lipinski definition) is 7. The fourth-order valence-corrected chi connectivity index (χ4v) is 5.56. The Morgan fingerprint density at radius 1 is 1.00 bits per heavy atom. The third-order valence-electron chi connectivity index (χ3n) is 7.40. The molecule has 3 aromatic rings. The van der Waals surface area contributed by atoms with Gasteiger partial charge in [0.1, 0.15) is 24.1 Å². The van der Waals surface area contributed by atoms with Crippen LogP contribution in [0.2, 0.25) is 10.0 Å². The predicted molar refractivity (Wildman–Crippen MR) is 152 cm³/mol. The standard InChI is InChI=1S/C31H31Cl2NO6/c1-18(35)39-17-30(21-5-8-26(32)27(33)13-21)40-25-6-3-19(4-7-25)20-9-10-38-29-15-22-14-28(31(36)37-2)34-16-24(22)12-23(29)11-20/h3-8,12-13,15,20,28,30,34H,9-11,14,16-17H2,1-2H3/t20?,28-,30?/m0/s1. The van der Waals surface area contributed by atoms with Crippen molar-refractivity contribution in [2.24, 2.45) is 0 Å². The Kier molecular flexibility index (Phi) is 8.84. The van der Waals surface area contributed by atoms with Crippen LogP contribution in [0, 0.1) is 0 Å². The van der Waals surface area contributed by atoms with Crippen molar-refractivity contribution >= 4 is 35.1 Å². The summed E-state index contributed by atoms with van der Waals surface area (Å²) in [4.78, 5) is 23.5. The molecule has 2 aliphatic rings. The van der Waals surface area contributed by atoms with Crippen molar-refractivity contribution < 1.29 is 28.5 Å². The summed E-state index contributed by atoms with van der Waals surface area (Å²) in [6, 6.07) is 17.2. The van der Waals surface area contributed by atoms with E-state index < -0.39 is 6.10 Å². The minimum Gasteiger partial charge on any atom is -0.493 e. The van der Waals surface area contributed by atoms with Crippen molar-refractivity contribution in [3.8, 4) is 11.5 Å². The molecule has 9 heteroatoms. The zero-order chi connectivity index (χ0) is 28.2. The molecule has 3 atom stereocenters. The number of hydrogen-bond donors (Lipinski definition) is 1. The van der Waals surface area contributed by atoms with E-state index in [0.29, 0.717) is 35.4 Å². The summed E-state index contributed by atoms with van der Waals surface area (Å²) in [5.74, 6) is 1.18. The van der Waals surface area contributed by atoms with E-state index in [9.17, 15) is 9.59 Å². The first kappa shape index (κ1) is 28.3. The Labute approximate surface area is 243 Å². The number of ether oxygens (including phenoxy) is 4. The van der Waals surface area contributed by atoms with Crippen LogP contribution in [0.25, 0.3) is 0 Å². The fraction of sp³-hybridized carbons (Fsp3) is 0.355. The molecule has 40 heavy (non-hydrogen) atoms. The molecule has 0 amide bonds. The number of halogens is 2. The molecule has 7 nitrogen and oxygen atoms in total. The molecular weight excluding hydrogens is 553 g/mol. The maximum absolute atomic E-state index is 12.0. The number of benzene rings is 3. The second-order valence-electron chi connectivity index (χ2n) is 10.1. The summed E-state index contributed by atoms with van der Waals surface area (Å²) in [5, 5.41) is 4.12. The minimum atomic E-state index is -0.541. The molecule has 0 fully saturated rings. The number of methoxy groups -OCH3 is 1. The number of nitrogens with one attached hydrogen (secondary N) is 1. The summed E-state index contributed by atoms with van der Waals surface area (Å²) in [5.41, 5.74) is 5.43. The van der Waals surface area contributed by atoms with Gasteiger partial charge in [-0.25, -0.2) is 0 Å². The molecular formula is C31H31Cl2NO6. The van der Waals surface area contributed by atoms with Crippen LogP contribution in [0.4, 0.5) is 0 Å². The maximum atomic E-state index is 12.0. The van der Waals surface area contributed by atoms with Crippen LogP contribution in [0.3, 0.4) is 0 Å². The van der Waals surface area contributed by atoms with E-state index in [2.05, 4.69) is 29.6 Å². The van der Waals surface area contributed by atoms with Gasteiger partial charge in [-0.1, -0.05) is 47.5 Å². The van der Waals surface area contributed by atoms with Crippen molar-refractivity contribution in [3.05, 3.63) is 92.5 Å². The number of carbonyl (C=O) groups is 2. The largest absolute Gasteiger partial charge is 0.493 e. The van der Waals surface area contributed by atoms with Gasteiger partial charge in [0.05, 0.1) is 23.8 Å². The highest BCUT2D eigenvalue weighted by Crippen LogP contribution is 2.36. The SMILES string of the molecule is COC(=O)[C@@H]1Cc2cc3c(cc2CN1)CC(c1ccc(OC(COC(C)=O)c2ccc(Cl)c(Cl)c2)cc1)CCO3. The van der Waals surface area contributed by atoms with Crippen LogP contribution < -0.4 is 14.8 Å². The van der Waals surface area contributed by atoms with Gasteiger partial charge in [0, 0.05) is 13.5 Å². The molecule has 0 bridgehead atoms. The Bertz CT molecular complexity index is 1390. The van der Waals surface area contributed by atoms with E-state index in [0.717, 1.165) is 29.7 Å². The van der Waals surface area contributed by atoms with Crippen molar-refractivity contribution in [3.63, 3.8) is 0 Å². The molecule has 5 rings (SSSR count). The van der Waals surface area contributed by atoms with Gasteiger partial charge in [-0.2, -0.15) is 0 Å². The summed E-state index contributed by atoms with van der Waals surface area (Å²) >= 11 is 12.3. The van der Waals surface area contributed by atoms with Crippen LogP contribution in [0.5, 0.6) is 11.5 Å². The van der Waals surface area contributed by atoms with Gasteiger partial charge in [0.2, 0.25) is 0 Å². The third kappa shape index (κ3) is 6.54. The van der Waals surface area contributed by atoms with E-state index >= 15 is 0 Å². The van der Waals surface area contributed by atoms with E-state index in [1.54, 1.807) is 12.1 Å². The van der Waals surface area contributed by atoms with Gasteiger partial charge in [-0.05, 0) is 83.3 Å². The number of esters is 2. The highest BCUT2D eigenvalue weighted by Gasteiger charge is 2.28. The first-order chi connectivity index (χ1) is 19.3. The first-order valence-electron chi connectivity index (χ1n) is 13.2. The molecule has 2 unspecified atom stereocenters. The molecule has 0 aromatic heterocycles. The second-order valence-corrected chi connectivity index (χ2v) is 10.9. The highest BCUT2D eigenvalue weighted by molar-refractivity contribution is 6.42. The molecule has 3 aromatic carbocycles. The summed E-state index contributed by atoms with van der Waals surface area (Å²) in [6.07, 6.45) is 1.77. The lowest BCUT2D eigenvalue weighted by Crippen LogP contribution is -2.42.